The highest BCUT2D eigenvalue weighted by Gasteiger charge is 2.28. The SMILES string of the molecule is COC(=O)c1cc(C#N)cc(C(=O)OC)c1N(c1cccc(Br)c1)c1cccc(Br)c1. The normalized spacial score (nSPS) is 10.2. The molecule has 0 saturated heterocycles. The third kappa shape index (κ3) is 4.79. The van der Waals surface area contributed by atoms with Crippen molar-refractivity contribution in [2.45, 2.75) is 0 Å². The lowest BCUT2D eigenvalue weighted by Crippen LogP contribution is -2.20. The fourth-order valence-electron chi connectivity index (χ4n) is 3.11. The maximum Gasteiger partial charge on any atom is 0.340 e. The molecule has 0 aliphatic carbocycles. The van der Waals surface area contributed by atoms with Gasteiger partial charge < -0.3 is 14.4 Å². The molecule has 0 bridgehead atoms. The zero-order chi connectivity index (χ0) is 22.5. The minimum absolute atomic E-state index is 0.0573. The van der Waals surface area contributed by atoms with E-state index in [1.807, 2.05) is 54.6 Å². The van der Waals surface area contributed by atoms with Gasteiger partial charge in [0.05, 0.1) is 42.7 Å². The lowest BCUT2D eigenvalue weighted by atomic mass is 10.00. The number of nitrogens with zero attached hydrogens (tertiary/aromatic N) is 2. The van der Waals surface area contributed by atoms with E-state index in [1.54, 1.807) is 4.90 Å². The summed E-state index contributed by atoms with van der Waals surface area (Å²) in [6, 6.07) is 19.6. The van der Waals surface area contributed by atoms with Crippen LogP contribution in [0.3, 0.4) is 0 Å². The van der Waals surface area contributed by atoms with Crippen molar-refractivity contribution in [1.29, 1.82) is 5.26 Å². The van der Waals surface area contributed by atoms with E-state index in [9.17, 15) is 14.9 Å². The lowest BCUT2D eigenvalue weighted by molar-refractivity contribution is 0.0601. The summed E-state index contributed by atoms with van der Waals surface area (Å²) in [7, 11) is 2.48. The molecule has 0 aliphatic heterocycles. The van der Waals surface area contributed by atoms with Gasteiger partial charge in [0, 0.05) is 20.3 Å². The Hall–Kier alpha value is -3.15. The summed E-state index contributed by atoms with van der Waals surface area (Å²) < 4.78 is 11.5. The standard InChI is InChI=1S/C23H16Br2N2O4/c1-30-22(28)19-9-14(13-26)10-20(23(29)31-2)21(19)27(17-7-3-5-15(24)11-17)18-8-4-6-16(25)12-18/h3-12H,1-2H3. The first-order chi connectivity index (χ1) is 14.9. The van der Waals surface area contributed by atoms with Crippen LogP contribution in [0.15, 0.2) is 69.6 Å². The van der Waals surface area contributed by atoms with E-state index < -0.39 is 11.9 Å². The molecule has 3 aromatic rings. The molecule has 0 heterocycles. The third-order valence-electron chi connectivity index (χ3n) is 4.41. The zero-order valence-electron chi connectivity index (χ0n) is 16.6. The van der Waals surface area contributed by atoms with Gasteiger partial charge in [0.2, 0.25) is 0 Å². The average Bonchev–Trinajstić information content (AvgIpc) is 2.78. The molecule has 3 rings (SSSR count). The molecular weight excluding hydrogens is 528 g/mol. The van der Waals surface area contributed by atoms with Crippen LogP contribution in [-0.2, 0) is 9.47 Å². The second kappa shape index (κ2) is 9.77. The molecule has 8 heteroatoms. The Morgan fingerprint density at radius 3 is 1.65 bits per heavy atom. The van der Waals surface area contributed by atoms with Crippen LogP contribution in [0.1, 0.15) is 26.3 Å². The maximum absolute atomic E-state index is 12.7. The van der Waals surface area contributed by atoms with E-state index in [-0.39, 0.29) is 22.4 Å². The van der Waals surface area contributed by atoms with Crippen molar-refractivity contribution >= 4 is 60.9 Å². The fourth-order valence-corrected chi connectivity index (χ4v) is 3.88. The average molecular weight is 544 g/mol. The first-order valence-electron chi connectivity index (χ1n) is 8.95. The summed E-state index contributed by atoms with van der Waals surface area (Å²) in [4.78, 5) is 27.2. The second-order valence-corrected chi connectivity index (χ2v) is 8.14. The summed E-state index contributed by atoms with van der Waals surface area (Å²) in [5, 5.41) is 9.45. The molecule has 3 aromatic carbocycles. The first-order valence-corrected chi connectivity index (χ1v) is 10.5. The Bertz CT molecular complexity index is 1120. The van der Waals surface area contributed by atoms with Gasteiger partial charge in [-0.1, -0.05) is 44.0 Å². The summed E-state index contributed by atoms with van der Waals surface area (Å²) in [6.07, 6.45) is 0. The largest absolute Gasteiger partial charge is 0.465 e. The number of carbonyl (C=O) groups is 2. The molecule has 156 valence electrons. The highest BCUT2D eigenvalue weighted by atomic mass is 79.9. The van der Waals surface area contributed by atoms with Gasteiger partial charge in [0.1, 0.15) is 0 Å². The molecule has 0 saturated carbocycles. The third-order valence-corrected chi connectivity index (χ3v) is 5.39. The van der Waals surface area contributed by atoms with Crippen LogP contribution in [0.5, 0.6) is 0 Å². The summed E-state index contributed by atoms with van der Waals surface area (Å²) in [6.45, 7) is 0. The van der Waals surface area contributed by atoms with E-state index in [0.717, 1.165) is 8.95 Å². The van der Waals surface area contributed by atoms with Gasteiger partial charge in [-0.3, -0.25) is 0 Å². The van der Waals surface area contributed by atoms with E-state index in [4.69, 9.17) is 9.47 Å². The number of carbonyl (C=O) groups excluding carboxylic acids is 2. The number of halogens is 2. The molecule has 0 aromatic heterocycles. The van der Waals surface area contributed by atoms with Gasteiger partial charge in [-0.05, 0) is 48.5 Å². The Kier molecular flexibility index (Phi) is 7.10. The van der Waals surface area contributed by atoms with Crippen molar-refractivity contribution in [2.75, 3.05) is 19.1 Å². The highest BCUT2D eigenvalue weighted by molar-refractivity contribution is 9.10. The predicted molar refractivity (Wildman–Crippen MR) is 124 cm³/mol. The predicted octanol–water partition coefficient (Wildman–Crippen LogP) is 6.13. The van der Waals surface area contributed by atoms with Crippen LogP contribution in [-0.4, -0.2) is 26.2 Å². The maximum atomic E-state index is 12.7. The van der Waals surface area contributed by atoms with Crippen LogP contribution < -0.4 is 4.90 Å². The van der Waals surface area contributed by atoms with Gasteiger partial charge >= 0.3 is 11.9 Å². The summed E-state index contributed by atoms with van der Waals surface area (Å²) in [5.74, 6) is -1.38. The van der Waals surface area contributed by atoms with Crippen LogP contribution >= 0.6 is 31.9 Å². The van der Waals surface area contributed by atoms with Crippen molar-refractivity contribution in [2.24, 2.45) is 0 Å². The van der Waals surface area contributed by atoms with Crippen LogP contribution in [0.25, 0.3) is 0 Å². The van der Waals surface area contributed by atoms with E-state index in [1.165, 1.54) is 26.4 Å². The molecule has 6 nitrogen and oxygen atoms in total. The summed E-state index contributed by atoms with van der Waals surface area (Å²) >= 11 is 6.95. The van der Waals surface area contributed by atoms with Gasteiger partial charge in [-0.15, -0.1) is 0 Å². The monoisotopic (exact) mass is 542 g/mol. The van der Waals surface area contributed by atoms with Gasteiger partial charge in [-0.25, -0.2) is 9.59 Å². The molecule has 0 atom stereocenters. The molecule has 0 unspecified atom stereocenters. The molecule has 0 N–H and O–H groups in total. The van der Waals surface area contributed by atoms with Crippen LogP contribution in [0.2, 0.25) is 0 Å². The Labute approximate surface area is 196 Å². The second-order valence-electron chi connectivity index (χ2n) is 6.31. The first kappa shape index (κ1) is 22.5. The molecule has 0 fully saturated rings. The smallest absolute Gasteiger partial charge is 0.340 e. The van der Waals surface area contributed by atoms with Crippen molar-refractivity contribution in [1.82, 2.24) is 0 Å². The fraction of sp³-hybridized carbons (Fsp3) is 0.0870. The minimum Gasteiger partial charge on any atom is -0.465 e. The number of hydrogen-bond donors (Lipinski definition) is 0. The number of benzene rings is 3. The van der Waals surface area contributed by atoms with Crippen molar-refractivity contribution in [3.8, 4) is 6.07 Å². The number of nitriles is 1. The Balaban J connectivity index is 2.46. The number of anilines is 3. The number of hydrogen-bond acceptors (Lipinski definition) is 6. The molecule has 31 heavy (non-hydrogen) atoms. The van der Waals surface area contributed by atoms with Gasteiger partial charge in [0.15, 0.2) is 0 Å². The Morgan fingerprint density at radius 2 is 1.29 bits per heavy atom. The zero-order valence-corrected chi connectivity index (χ0v) is 19.7. The lowest BCUT2D eigenvalue weighted by Gasteiger charge is -2.29. The van der Waals surface area contributed by atoms with Gasteiger partial charge in [-0.2, -0.15) is 5.26 Å². The number of esters is 2. The minimum atomic E-state index is -0.688. The van der Waals surface area contributed by atoms with Crippen LogP contribution in [0.4, 0.5) is 17.1 Å². The molecule has 0 aliphatic rings. The van der Waals surface area contributed by atoms with Crippen molar-refractivity contribution in [3.05, 3.63) is 86.3 Å². The number of methoxy groups -OCH3 is 2. The summed E-state index contributed by atoms with van der Waals surface area (Å²) in [5.41, 5.74) is 1.84. The quantitative estimate of drug-likeness (QED) is 0.360. The molecule has 0 spiro atoms. The van der Waals surface area contributed by atoms with E-state index in [2.05, 4.69) is 31.9 Å². The van der Waals surface area contributed by atoms with Gasteiger partial charge in [0.25, 0.3) is 0 Å². The Morgan fingerprint density at radius 1 is 0.839 bits per heavy atom. The van der Waals surface area contributed by atoms with Crippen LogP contribution in [0, 0.1) is 11.3 Å². The highest BCUT2D eigenvalue weighted by Crippen LogP contribution is 2.41. The van der Waals surface area contributed by atoms with Crippen molar-refractivity contribution < 1.29 is 19.1 Å². The van der Waals surface area contributed by atoms with Crippen molar-refractivity contribution in [3.63, 3.8) is 0 Å². The molecule has 0 radical (unpaired) electrons. The number of rotatable bonds is 5. The molecule has 0 amide bonds. The topological polar surface area (TPSA) is 79.6 Å². The van der Waals surface area contributed by atoms with E-state index >= 15 is 0 Å². The molecular formula is C23H16Br2N2O4. The number of ether oxygens (including phenoxy) is 2. The van der Waals surface area contributed by atoms with E-state index in [0.29, 0.717) is 11.4 Å².